The Balaban J connectivity index is 2.67. The first-order chi connectivity index (χ1) is 6.22. The van der Waals surface area contributed by atoms with Crippen LogP contribution in [0.5, 0.6) is 0 Å². The van der Waals surface area contributed by atoms with Gasteiger partial charge in [0.2, 0.25) is 0 Å². The Morgan fingerprint density at radius 3 is 2.85 bits per heavy atom. The third-order valence-corrected chi connectivity index (χ3v) is 1.92. The molecule has 0 fully saturated rings. The summed E-state index contributed by atoms with van der Waals surface area (Å²) in [5.41, 5.74) is 1.90. The molecular formula is C11H6O2. The number of esters is 1. The average Bonchev–Trinajstić information content (AvgIpc) is 2.42. The normalized spacial score (nSPS) is 13.5. The smallest absolute Gasteiger partial charge is 0.344 e. The van der Waals surface area contributed by atoms with E-state index < -0.39 is 0 Å². The molecule has 62 valence electrons. The van der Waals surface area contributed by atoms with Gasteiger partial charge in [0.15, 0.2) is 0 Å². The zero-order valence-corrected chi connectivity index (χ0v) is 6.83. The third-order valence-electron chi connectivity index (χ3n) is 1.92. The number of carbonyl (C=O) groups excluding carboxylic acids is 1. The first-order valence-corrected chi connectivity index (χ1v) is 3.74. The first-order valence-electron chi connectivity index (χ1n) is 3.74. The molecule has 0 bridgehead atoms. The summed E-state index contributed by atoms with van der Waals surface area (Å²) in [6.45, 7) is 3.61. The lowest BCUT2D eigenvalue weighted by Gasteiger charge is -1.94. The highest BCUT2D eigenvalue weighted by Gasteiger charge is 2.24. The number of carbonyl (C=O) groups is 1. The topological polar surface area (TPSA) is 26.3 Å². The fourth-order valence-electron chi connectivity index (χ4n) is 1.27. The van der Waals surface area contributed by atoms with E-state index in [1.54, 1.807) is 18.2 Å². The second-order valence-electron chi connectivity index (χ2n) is 2.72. The molecule has 0 saturated heterocycles. The van der Waals surface area contributed by atoms with Crippen LogP contribution >= 0.6 is 0 Å². The molecule has 1 heterocycles. The molecule has 1 aromatic rings. The molecule has 2 nitrogen and oxygen atoms in total. The van der Waals surface area contributed by atoms with Crippen LogP contribution in [0.1, 0.15) is 21.5 Å². The van der Waals surface area contributed by atoms with Crippen LogP contribution in [0, 0.1) is 12.3 Å². The van der Waals surface area contributed by atoms with Crippen molar-refractivity contribution in [3.63, 3.8) is 0 Å². The van der Waals surface area contributed by atoms with E-state index in [4.69, 9.17) is 11.2 Å². The van der Waals surface area contributed by atoms with E-state index in [-0.39, 0.29) is 5.97 Å². The van der Waals surface area contributed by atoms with Crippen LogP contribution in [0.3, 0.4) is 0 Å². The molecule has 1 aliphatic rings. The molecule has 1 aromatic carbocycles. The van der Waals surface area contributed by atoms with Crippen LogP contribution in [0.15, 0.2) is 24.8 Å². The van der Waals surface area contributed by atoms with Gasteiger partial charge in [-0.25, -0.2) is 4.79 Å². The number of cyclic esters (lactones) is 1. The fraction of sp³-hybridized carbons (Fsp3) is 0. The van der Waals surface area contributed by atoms with E-state index in [0.717, 1.165) is 5.56 Å². The number of rotatable bonds is 0. The number of fused-ring (bicyclic) bond motifs is 1. The van der Waals surface area contributed by atoms with Crippen LogP contribution in [-0.2, 0) is 4.74 Å². The van der Waals surface area contributed by atoms with Crippen molar-refractivity contribution in [3.05, 3.63) is 41.5 Å². The van der Waals surface area contributed by atoms with Crippen molar-refractivity contribution < 1.29 is 9.53 Å². The van der Waals surface area contributed by atoms with Gasteiger partial charge in [0.25, 0.3) is 0 Å². The van der Waals surface area contributed by atoms with Crippen molar-refractivity contribution in [1.29, 1.82) is 0 Å². The van der Waals surface area contributed by atoms with Gasteiger partial charge in [-0.2, -0.15) is 0 Å². The molecule has 0 aromatic heterocycles. The highest BCUT2D eigenvalue weighted by Crippen LogP contribution is 2.28. The largest absolute Gasteiger partial charge is 0.423 e. The summed E-state index contributed by atoms with van der Waals surface area (Å²) < 4.78 is 4.83. The summed E-state index contributed by atoms with van der Waals surface area (Å²) in [4.78, 5) is 11.2. The van der Waals surface area contributed by atoms with Gasteiger partial charge in [0.1, 0.15) is 5.76 Å². The molecule has 1 aliphatic heterocycles. The predicted molar refractivity (Wildman–Crippen MR) is 48.8 cm³/mol. The zero-order chi connectivity index (χ0) is 9.42. The lowest BCUT2D eigenvalue weighted by atomic mass is 10.1. The Hall–Kier alpha value is -2.01. The Morgan fingerprint density at radius 1 is 1.38 bits per heavy atom. The van der Waals surface area contributed by atoms with Crippen LogP contribution in [0.4, 0.5) is 0 Å². The minimum atomic E-state index is -0.378. The van der Waals surface area contributed by atoms with Crippen molar-refractivity contribution in [2.45, 2.75) is 0 Å². The highest BCUT2D eigenvalue weighted by atomic mass is 16.5. The van der Waals surface area contributed by atoms with Crippen LogP contribution in [0.2, 0.25) is 0 Å². The molecule has 0 atom stereocenters. The minimum absolute atomic E-state index is 0.378. The average molecular weight is 170 g/mol. The van der Waals surface area contributed by atoms with Gasteiger partial charge in [-0.05, 0) is 18.2 Å². The van der Waals surface area contributed by atoms with E-state index >= 15 is 0 Å². The Labute approximate surface area is 75.8 Å². The molecule has 13 heavy (non-hydrogen) atoms. The number of hydrogen-bond acceptors (Lipinski definition) is 2. The third kappa shape index (κ3) is 1.02. The maximum atomic E-state index is 11.2. The Kier molecular flexibility index (Phi) is 1.46. The molecule has 0 amide bonds. The predicted octanol–water partition coefficient (Wildman–Crippen LogP) is 1.81. The van der Waals surface area contributed by atoms with Crippen LogP contribution in [-0.4, -0.2) is 5.97 Å². The second kappa shape index (κ2) is 2.49. The molecule has 0 unspecified atom stereocenters. The summed E-state index contributed by atoms with van der Waals surface area (Å²) >= 11 is 0. The quantitative estimate of drug-likeness (QED) is 0.438. The maximum Gasteiger partial charge on any atom is 0.344 e. The number of hydrogen-bond donors (Lipinski definition) is 0. The summed E-state index contributed by atoms with van der Waals surface area (Å²) in [5, 5.41) is 0. The van der Waals surface area contributed by atoms with E-state index in [0.29, 0.717) is 16.9 Å². The maximum absolute atomic E-state index is 11.2. The summed E-state index contributed by atoms with van der Waals surface area (Å²) in [5.74, 6) is 2.47. The monoisotopic (exact) mass is 170 g/mol. The van der Waals surface area contributed by atoms with Gasteiger partial charge in [-0.15, -0.1) is 6.42 Å². The lowest BCUT2D eigenvalue weighted by Crippen LogP contribution is -1.93. The molecule has 0 aliphatic carbocycles. The van der Waals surface area contributed by atoms with Crippen LogP contribution < -0.4 is 0 Å². The molecule has 0 N–H and O–H groups in total. The van der Waals surface area contributed by atoms with Gasteiger partial charge in [0.05, 0.1) is 5.56 Å². The van der Waals surface area contributed by atoms with Crippen molar-refractivity contribution in [2.75, 3.05) is 0 Å². The van der Waals surface area contributed by atoms with E-state index in [1.807, 2.05) is 0 Å². The zero-order valence-electron chi connectivity index (χ0n) is 6.83. The standard InChI is InChI=1S/C11H6O2/c1-3-8-4-5-9-7(2)13-11(12)10(9)6-8/h1,4-6H,2H2. The van der Waals surface area contributed by atoms with Crippen molar-refractivity contribution in [3.8, 4) is 12.3 Å². The summed E-state index contributed by atoms with van der Waals surface area (Å²) in [6.07, 6.45) is 5.20. The fourth-order valence-corrected chi connectivity index (χ4v) is 1.27. The van der Waals surface area contributed by atoms with E-state index in [2.05, 4.69) is 12.5 Å². The SMILES string of the molecule is C#Cc1ccc2c(c1)C(=O)OC2=C. The van der Waals surface area contributed by atoms with Crippen molar-refractivity contribution in [2.24, 2.45) is 0 Å². The first kappa shape index (κ1) is 7.63. The molecular weight excluding hydrogens is 164 g/mol. The van der Waals surface area contributed by atoms with Crippen LogP contribution in [0.25, 0.3) is 5.76 Å². The number of ether oxygens (including phenoxy) is 1. The minimum Gasteiger partial charge on any atom is -0.423 e. The van der Waals surface area contributed by atoms with E-state index in [1.165, 1.54) is 0 Å². The van der Waals surface area contributed by atoms with Gasteiger partial charge in [0, 0.05) is 11.1 Å². The van der Waals surface area contributed by atoms with Gasteiger partial charge in [-0.1, -0.05) is 12.5 Å². The Bertz CT molecular complexity index is 450. The van der Waals surface area contributed by atoms with Gasteiger partial charge in [-0.3, -0.25) is 0 Å². The molecule has 2 heteroatoms. The van der Waals surface area contributed by atoms with E-state index in [9.17, 15) is 4.79 Å². The van der Waals surface area contributed by atoms with Gasteiger partial charge < -0.3 is 4.74 Å². The molecule has 0 spiro atoms. The highest BCUT2D eigenvalue weighted by molar-refractivity contribution is 6.02. The second-order valence-corrected chi connectivity index (χ2v) is 2.72. The summed E-state index contributed by atoms with van der Waals surface area (Å²) in [6, 6.07) is 5.14. The van der Waals surface area contributed by atoms with Gasteiger partial charge >= 0.3 is 5.97 Å². The molecule has 0 radical (unpaired) electrons. The molecule has 0 saturated carbocycles. The van der Waals surface area contributed by atoms with Crippen molar-refractivity contribution >= 4 is 11.7 Å². The lowest BCUT2D eigenvalue weighted by molar-refractivity contribution is 0.0716. The number of benzene rings is 1. The number of terminal acetylenes is 1. The summed E-state index contributed by atoms with van der Waals surface area (Å²) in [7, 11) is 0. The Morgan fingerprint density at radius 2 is 2.15 bits per heavy atom. The van der Waals surface area contributed by atoms with Crippen molar-refractivity contribution in [1.82, 2.24) is 0 Å². The molecule has 2 rings (SSSR count).